The van der Waals surface area contributed by atoms with Crippen LogP contribution in [0.2, 0.25) is 0 Å². The van der Waals surface area contributed by atoms with E-state index in [4.69, 9.17) is 15.2 Å². The van der Waals surface area contributed by atoms with E-state index in [0.717, 1.165) is 30.9 Å². The Bertz CT molecular complexity index is 634. The van der Waals surface area contributed by atoms with Crippen molar-refractivity contribution in [2.45, 2.75) is 31.8 Å². The number of hydrogen-bond donors (Lipinski definition) is 1. The van der Waals surface area contributed by atoms with E-state index in [-0.39, 0.29) is 6.04 Å². The summed E-state index contributed by atoms with van der Waals surface area (Å²) in [6.45, 7) is 0.836. The number of ether oxygens (including phenoxy) is 2. The van der Waals surface area contributed by atoms with Gasteiger partial charge in [-0.3, -0.25) is 0 Å². The molecule has 3 rings (SSSR count). The van der Waals surface area contributed by atoms with E-state index in [1.54, 1.807) is 14.2 Å². The quantitative estimate of drug-likeness (QED) is 0.940. The first kappa shape index (κ1) is 14.0. The fourth-order valence-corrected chi connectivity index (χ4v) is 3.12. The van der Waals surface area contributed by atoms with E-state index < -0.39 is 0 Å². The minimum atomic E-state index is 0.195. The van der Waals surface area contributed by atoms with Crippen LogP contribution in [0.1, 0.15) is 35.7 Å². The van der Waals surface area contributed by atoms with Crippen molar-refractivity contribution in [3.63, 3.8) is 0 Å². The predicted molar refractivity (Wildman–Crippen MR) is 82.9 cm³/mol. The van der Waals surface area contributed by atoms with Crippen LogP contribution in [0, 0.1) is 0 Å². The van der Waals surface area contributed by atoms with Gasteiger partial charge in [0.25, 0.3) is 0 Å². The second-order valence-electron chi connectivity index (χ2n) is 5.53. The Morgan fingerprint density at radius 1 is 1.19 bits per heavy atom. The van der Waals surface area contributed by atoms with E-state index in [1.807, 2.05) is 12.1 Å². The zero-order valence-electron chi connectivity index (χ0n) is 12.6. The second kappa shape index (κ2) is 5.82. The molecule has 0 fully saturated rings. The van der Waals surface area contributed by atoms with Gasteiger partial charge in [0.15, 0.2) is 11.5 Å². The molecule has 1 atom stereocenters. The molecule has 1 aliphatic carbocycles. The van der Waals surface area contributed by atoms with Crippen LogP contribution in [-0.2, 0) is 13.0 Å². The molecule has 1 unspecified atom stereocenters. The van der Waals surface area contributed by atoms with Gasteiger partial charge >= 0.3 is 0 Å². The summed E-state index contributed by atoms with van der Waals surface area (Å²) in [5.74, 6) is 1.53. The lowest BCUT2D eigenvalue weighted by atomic mass is 9.93. The minimum Gasteiger partial charge on any atom is -0.493 e. The van der Waals surface area contributed by atoms with Crippen LogP contribution in [0.4, 0.5) is 0 Å². The number of aromatic nitrogens is 1. The molecule has 1 heterocycles. The van der Waals surface area contributed by atoms with Gasteiger partial charge in [-0.15, -0.1) is 0 Å². The molecular weight excluding hydrogens is 264 g/mol. The Balaban J connectivity index is 1.87. The summed E-state index contributed by atoms with van der Waals surface area (Å²) in [5.41, 5.74) is 10.1. The Morgan fingerprint density at radius 3 is 2.76 bits per heavy atom. The van der Waals surface area contributed by atoms with Crippen molar-refractivity contribution in [3.05, 3.63) is 47.3 Å². The van der Waals surface area contributed by atoms with E-state index in [1.165, 1.54) is 23.2 Å². The Hall–Kier alpha value is -1.94. The molecule has 21 heavy (non-hydrogen) atoms. The van der Waals surface area contributed by atoms with E-state index >= 15 is 0 Å². The van der Waals surface area contributed by atoms with Crippen molar-refractivity contribution < 1.29 is 9.47 Å². The summed E-state index contributed by atoms with van der Waals surface area (Å²) < 4.78 is 13.0. The van der Waals surface area contributed by atoms with Gasteiger partial charge in [-0.05, 0) is 48.6 Å². The first-order chi connectivity index (χ1) is 10.2. The van der Waals surface area contributed by atoms with Crippen LogP contribution in [0.3, 0.4) is 0 Å². The summed E-state index contributed by atoms with van der Waals surface area (Å²) in [7, 11) is 3.32. The monoisotopic (exact) mass is 286 g/mol. The molecule has 0 amide bonds. The summed E-state index contributed by atoms with van der Waals surface area (Å²) in [6, 6.07) is 8.43. The van der Waals surface area contributed by atoms with Gasteiger partial charge < -0.3 is 19.8 Å². The molecule has 0 saturated heterocycles. The summed E-state index contributed by atoms with van der Waals surface area (Å²) in [4.78, 5) is 0. The third-order valence-corrected chi connectivity index (χ3v) is 4.24. The average Bonchev–Trinajstić information content (AvgIpc) is 2.92. The minimum absolute atomic E-state index is 0.195. The third kappa shape index (κ3) is 2.63. The Morgan fingerprint density at radius 2 is 2.00 bits per heavy atom. The Kier molecular flexibility index (Phi) is 3.88. The largest absolute Gasteiger partial charge is 0.493 e. The van der Waals surface area contributed by atoms with Gasteiger partial charge in [-0.25, -0.2) is 0 Å². The van der Waals surface area contributed by atoms with Gasteiger partial charge in [0.05, 0.1) is 14.2 Å². The van der Waals surface area contributed by atoms with Gasteiger partial charge in [0.2, 0.25) is 0 Å². The summed E-state index contributed by atoms with van der Waals surface area (Å²) >= 11 is 0. The zero-order chi connectivity index (χ0) is 14.8. The summed E-state index contributed by atoms with van der Waals surface area (Å²) in [5, 5.41) is 0. The van der Waals surface area contributed by atoms with Crippen LogP contribution in [0.25, 0.3) is 0 Å². The van der Waals surface area contributed by atoms with Crippen molar-refractivity contribution in [3.8, 4) is 11.5 Å². The first-order valence-corrected chi connectivity index (χ1v) is 7.37. The molecule has 2 aromatic rings. The highest BCUT2D eigenvalue weighted by atomic mass is 16.5. The molecule has 112 valence electrons. The number of benzene rings is 1. The van der Waals surface area contributed by atoms with E-state index in [2.05, 4.69) is 22.9 Å². The first-order valence-electron chi connectivity index (χ1n) is 7.37. The van der Waals surface area contributed by atoms with Gasteiger partial charge in [0.1, 0.15) is 0 Å². The molecule has 4 nitrogen and oxygen atoms in total. The molecule has 4 heteroatoms. The molecule has 1 aromatic carbocycles. The fraction of sp³-hybridized carbons (Fsp3) is 0.412. The van der Waals surface area contributed by atoms with Crippen molar-refractivity contribution in [2.24, 2.45) is 5.73 Å². The molecule has 0 spiro atoms. The molecule has 1 aromatic heterocycles. The molecule has 0 radical (unpaired) electrons. The third-order valence-electron chi connectivity index (χ3n) is 4.24. The van der Waals surface area contributed by atoms with Gasteiger partial charge in [0, 0.05) is 24.5 Å². The lowest BCUT2D eigenvalue weighted by Gasteiger charge is -2.21. The van der Waals surface area contributed by atoms with E-state index in [0.29, 0.717) is 0 Å². The van der Waals surface area contributed by atoms with Crippen molar-refractivity contribution in [1.29, 1.82) is 0 Å². The number of nitrogens with zero attached hydrogens (tertiary/aromatic N) is 1. The maximum absolute atomic E-state index is 6.19. The molecule has 1 aliphatic rings. The van der Waals surface area contributed by atoms with Crippen LogP contribution >= 0.6 is 0 Å². The fourth-order valence-electron chi connectivity index (χ4n) is 3.12. The number of rotatable bonds is 4. The van der Waals surface area contributed by atoms with Crippen molar-refractivity contribution >= 4 is 0 Å². The number of methoxy groups -OCH3 is 2. The lowest BCUT2D eigenvalue weighted by Crippen LogP contribution is -2.18. The number of hydrogen-bond acceptors (Lipinski definition) is 3. The average molecular weight is 286 g/mol. The highest BCUT2D eigenvalue weighted by molar-refractivity contribution is 5.43. The lowest BCUT2D eigenvalue weighted by molar-refractivity contribution is 0.354. The SMILES string of the molecule is COc1ccc(Cn2ccc3c2CCCC3N)cc1OC. The van der Waals surface area contributed by atoms with Crippen LogP contribution in [0.15, 0.2) is 30.5 Å². The van der Waals surface area contributed by atoms with Crippen molar-refractivity contribution in [1.82, 2.24) is 4.57 Å². The summed E-state index contributed by atoms with van der Waals surface area (Å²) in [6.07, 6.45) is 5.52. The second-order valence-corrected chi connectivity index (χ2v) is 5.53. The topological polar surface area (TPSA) is 49.4 Å². The molecular formula is C17H22N2O2. The zero-order valence-corrected chi connectivity index (χ0v) is 12.6. The predicted octanol–water partition coefficient (Wildman–Crippen LogP) is 2.89. The van der Waals surface area contributed by atoms with Crippen LogP contribution < -0.4 is 15.2 Å². The molecule has 2 N–H and O–H groups in total. The molecule has 0 aliphatic heterocycles. The maximum Gasteiger partial charge on any atom is 0.161 e. The van der Waals surface area contributed by atoms with E-state index in [9.17, 15) is 0 Å². The van der Waals surface area contributed by atoms with Gasteiger partial charge in [-0.2, -0.15) is 0 Å². The smallest absolute Gasteiger partial charge is 0.161 e. The standard InChI is InChI=1S/C17H22N2O2/c1-20-16-7-6-12(10-17(16)21-2)11-19-9-8-13-14(18)4-3-5-15(13)19/h6-10,14H,3-5,11,18H2,1-2H3. The number of fused-ring (bicyclic) bond motifs is 1. The van der Waals surface area contributed by atoms with Gasteiger partial charge in [-0.1, -0.05) is 6.07 Å². The van der Waals surface area contributed by atoms with Crippen LogP contribution in [-0.4, -0.2) is 18.8 Å². The molecule has 0 bridgehead atoms. The van der Waals surface area contributed by atoms with Crippen molar-refractivity contribution in [2.75, 3.05) is 14.2 Å². The maximum atomic E-state index is 6.19. The highest BCUT2D eigenvalue weighted by Gasteiger charge is 2.20. The number of nitrogens with two attached hydrogens (primary N) is 1. The highest BCUT2D eigenvalue weighted by Crippen LogP contribution is 2.31. The van der Waals surface area contributed by atoms with Crippen LogP contribution in [0.5, 0.6) is 11.5 Å². The Labute approximate surface area is 125 Å². The molecule has 0 saturated carbocycles. The normalized spacial score (nSPS) is 17.4.